The highest BCUT2D eigenvalue weighted by atomic mass is 32.2. The standard InChI is InChI=1S/C14H14F16O4S/c1-5(2,31)7(15,16)9(19,20)11(23,24)13(27,28)35(33,34)14(29,30)12(25,26)10(21,22)8(17,18)6(3,4)32/h31-32H,1-4H3. The van der Waals surface area contributed by atoms with Crippen LogP contribution in [0.3, 0.4) is 0 Å². The van der Waals surface area contributed by atoms with Crippen molar-refractivity contribution in [1.29, 1.82) is 0 Å². The van der Waals surface area contributed by atoms with Gasteiger partial charge in [0.2, 0.25) is 0 Å². The summed E-state index contributed by atoms with van der Waals surface area (Å²) in [6.07, 6.45) is 0. The van der Waals surface area contributed by atoms with E-state index in [9.17, 15) is 78.7 Å². The molecular formula is C14H14F16O4S. The van der Waals surface area contributed by atoms with Crippen molar-refractivity contribution in [3.05, 3.63) is 0 Å². The molecule has 0 atom stereocenters. The van der Waals surface area contributed by atoms with E-state index >= 15 is 0 Å². The van der Waals surface area contributed by atoms with Crippen LogP contribution in [0.5, 0.6) is 0 Å². The average molecular weight is 582 g/mol. The van der Waals surface area contributed by atoms with Gasteiger partial charge in [-0.15, -0.1) is 0 Å². The third-order valence-electron chi connectivity index (χ3n) is 4.52. The van der Waals surface area contributed by atoms with E-state index in [1.54, 1.807) is 0 Å². The van der Waals surface area contributed by atoms with E-state index in [-0.39, 0.29) is 0 Å². The summed E-state index contributed by atoms with van der Waals surface area (Å²) in [5.41, 5.74) is -8.93. The smallest absolute Gasteiger partial charge is 0.384 e. The van der Waals surface area contributed by atoms with Crippen molar-refractivity contribution in [3.63, 3.8) is 0 Å². The van der Waals surface area contributed by atoms with Crippen LogP contribution in [0.4, 0.5) is 70.2 Å². The fourth-order valence-electron chi connectivity index (χ4n) is 2.03. The third kappa shape index (κ3) is 3.93. The molecule has 0 fully saturated rings. The molecule has 0 saturated heterocycles. The van der Waals surface area contributed by atoms with Crippen LogP contribution in [0.15, 0.2) is 0 Å². The summed E-state index contributed by atoms with van der Waals surface area (Å²) in [4.78, 5) is 0. The van der Waals surface area contributed by atoms with Crippen LogP contribution >= 0.6 is 0 Å². The fraction of sp³-hybridized carbons (Fsp3) is 1.00. The van der Waals surface area contributed by atoms with Crippen molar-refractivity contribution in [2.24, 2.45) is 0 Å². The van der Waals surface area contributed by atoms with E-state index in [0.717, 1.165) is 0 Å². The number of alkyl halides is 16. The van der Waals surface area contributed by atoms with Crippen molar-refractivity contribution < 1.29 is 88.9 Å². The quantitative estimate of drug-likeness (QED) is 0.358. The normalized spacial score (nSPS) is 17.1. The zero-order chi connectivity index (χ0) is 29.5. The maximum absolute atomic E-state index is 13.8. The Morgan fingerprint density at radius 2 is 0.571 bits per heavy atom. The summed E-state index contributed by atoms with van der Waals surface area (Å²) in [5, 5.41) is 0.667. The fourth-order valence-corrected chi connectivity index (χ4v) is 3.28. The van der Waals surface area contributed by atoms with Gasteiger partial charge in [-0.25, -0.2) is 8.42 Å². The molecule has 2 N–H and O–H groups in total. The summed E-state index contributed by atoms with van der Waals surface area (Å²) >= 11 is 0. The van der Waals surface area contributed by atoms with Gasteiger partial charge >= 0.3 is 46.0 Å². The topological polar surface area (TPSA) is 74.6 Å². The van der Waals surface area contributed by atoms with Gasteiger partial charge in [-0.05, 0) is 27.7 Å². The van der Waals surface area contributed by atoms with Gasteiger partial charge < -0.3 is 10.2 Å². The largest absolute Gasteiger partial charge is 0.419 e. The molecule has 0 saturated carbocycles. The molecule has 4 nitrogen and oxygen atoms in total. The Hall–Kier alpha value is -1.25. The molecule has 0 aliphatic rings. The molecule has 0 heterocycles. The Bertz CT molecular complexity index is 844. The van der Waals surface area contributed by atoms with E-state index in [1.165, 1.54) is 0 Å². The first-order chi connectivity index (χ1) is 14.5. The molecule has 0 aromatic carbocycles. The second-order valence-electron chi connectivity index (χ2n) is 8.10. The van der Waals surface area contributed by atoms with E-state index < -0.39 is 94.8 Å². The Labute approximate surface area is 184 Å². The predicted molar refractivity (Wildman–Crippen MR) is 81.1 cm³/mol. The van der Waals surface area contributed by atoms with Gasteiger partial charge in [0, 0.05) is 0 Å². The van der Waals surface area contributed by atoms with Crippen LogP contribution < -0.4 is 0 Å². The highest BCUT2D eigenvalue weighted by Crippen LogP contribution is 2.63. The first kappa shape index (κ1) is 33.8. The van der Waals surface area contributed by atoms with Crippen molar-refractivity contribution in [2.45, 2.75) is 84.9 Å². The molecule has 212 valence electrons. The van der Waals surface area contributed by atoms with E-state index in [1.807, 2.05) is 0 Å². The monoisotopic (exact) mass is 582 g/mol. The molecule has 0 radical (unpaired) electrons. The summed E-state index contributed by atoms with van der Waals surface area (Å²) in [7, 11) is -9.59. The van der Waals surface area contributed by atoms with Gasteiger partial charge in [-0.3, -0.25) is 0 Å². The third-order valence-corrected chi connectivity index (χ3v) is 6.38. The lowest BCUT2D eigenvalue weighted by Crippen LogP contribution is -2.74. The van der Waals surface area contributed by atoms with Crippen molar-refractivity contribution in [1.82, 2.24) is 0 Å². The number of hydrogen-bond donors (Lipinski definition) is 2. The van der Waals surface area contributed by atoms with Crippen LogP contribution in [-0.4, -0.2) is 75.9 Å². The summed E-state index contributed by atoms with van der Waals surface area (Å²) in [6, 6.07) is 0. The molecule has 35 heavy (non-hydrogen) atoms. The maximum atomic E-state index is 13.8. The lowest BCUT2D eigenvalue weighted by molar-refractivity contribution is -0.384. The van der Waals surface area contributed by atoms with Crippen LogP contribution in [0.1, 0.15) is 27.7 Å². The SMILES string of the molecule is CC(C)(O)C(F)(F)C(F)(F)C(F)(F)C(F)(F)S(=O)(=O)C(F)(F)C(F)(F)C(F)(F)C(F)(F)C(C)(C)O. The van der Waals surface area contributed by atoms with Crippen LogP contribution in [0.2, 0.25) is 0 Å². The van der Waals surface area contributed by atoms with Crippen LogP contribution in [-0.2, 0) is 9.84 Å². The lowest BCUT2D eigenvalue weighted by Gasteiger charge is -2.43. The predicted octanol–water partition coefficient (Wildman–Crippen LogP) is 4.94. The lowest BCUT2D eigenvalue weighted by atomic mass is 9.91. The molecule has 0 aromatic heterocycles. The number of halogens is 16. The maximum Gasteiger partial charge on any atom is 0.419 e. The first-order valence-corrected chi connectivity index (χ1v) is 9.70. The molecule has 0 aromatic rings. The number of rotatable bonds is 10. The molecular weight excluding hydrogens is 568 g/mol. The zero-order valence-corrected chi connectivity index (χ0v) is 18.0. The second-order valence-corrected chi connectivity index (χ2v) is 10.1. The van der Waals surface area contributed by atoms with Gasteiger partial charge in [-0.2, -0.15) is 70.2 Å². The number of sulfone groups is 1. The van der Waals surface area contributed by atoms with Gasteiger partial charge in [0.25, 0.3) is 9.84 Å². The minimum absolute atomic E-state index is 0.453. The number of aliphatic hydroxyl groups is 2. The zero-order valence-electron chi connectivity index (χ0n) is 17.2. The molecule has 21 heteroatoms. The van der Waals surface area contributed by atoms with Crippen molar-refractivity contribution in [2.75, 3.05) is 0 Å². The number of hydrogen-bond acceptors (Lipinski definition) is 4. The summed E-state index contributed by atoms with van der Waals surface area (Å²) in [6.45, 7) is -1.81. The molecule has 0 aliphatic heterocycles. The Balaban J connectivity index is 7.23. The van der Waals surface area contributed by atoms with Crippen LogP contribution in [0, 0.1) is 0 Å². The second kappa shape index (κ2) is 7.87. The molecule has 0 rings (SSSR count). The van der Waals surface area contributed by atoms with E-state index in [0.29, 0.717) is 0 Å². The minimum Gasteiger partial charge on any atom is -0.384 e. The highest BCUT2D eigenvalue weighted by Gasteiger charge is 2.93. The minimum atomic E-state index is -9.59. The Kier molecular flexibility index (Phi) is 7.59. The van der Waals surface area contributed by atoms with Gasteiger partial charge in [-0.1, -0.05) is 0 Å². The summed E-state index contributed by atoms with van der Waals surface area (Å²) < 4.78 is 241. The Morgan fingerprint density at radius 3 is 0.714 bits per heavy atom. The Morgan fingerprint density at radius 1 is 0.400 bits per heavy atom. The molecule has 0 spiro atoms. The van der Waals surface area contributed by atoms with E-state index in [2.05, 4.69) is 0 Å². The van der Waals surface area contributed by atoms with Crippen molar-refractivity contribution >= 4 is 9.84 Å². The summed E-state index contributed by atoms with van der Waals surface area (Å²) in [5.74, 6) is -46.2. The highest BCUT2D eigenvalue weighted by molar-refractivity contribution is 7.93. The average Bonchev–Trinajstić information content (AvgIpc) is 2.58. The van der Waals surface area contributed by atoms with Gasteiger partial charge in [0.1, 0.15) is 11.2 Å². The van der Waals surface area contributed by atoms with E-state index in [4.69, 9.17) is 10.2 Å². The molecule has 0 aliphatic carbocycles. The molecule has 0 amide bonds. The molecule has 0 bridgehead atoms. The van der Waals surface area contributed by atoms with Crippen molar-refractivity contribution in [3.8, 4) is 0 Å². The van der Waals surface area contributed by atoms with Gasteiger partial charge in [0.05, 0.1) is 0 Å². The van der Waals surface area contributed by atoms with Crippen LogP contribution in [0.25, 0.3) is 0 Å². The first-order valence-electron chi connectivity index (χ1n) is 8.21. The van der Waals surface area contributed by atoms with Gasteiger partial charge in [0.15, 0.2) is 0 Å². The molecule has 0 unspecified atom stereocenters.